The first-order valence-corrected chi connectivity index (χ1v) is 8.41. The number of amides is 1. The summed E-state index contributed by atoms with van der Waals surface area (Å²) in [5, 5.41) is 3.12. The number of aliphatic imine (C=N–C) groups is 1. The third-order valence-corrected chi connectivity index (χ3v) is 4.05. The summed E-state index contributed by atoms with van der Waals surface area (Å²) >= 11 is 0. The van der Waals surface area contributed by atoms with Crippen molar-refractivity contribution in [2.24, 2.45) is 10.7 Å². The quantitative estimate of drug-likeness (QED) is 0.385. The number of halogens is 3. The molecule has 1 saturated heterocycles. The molecule has 26 heavy (non-hydrogen) atoms. The molecule has 0 spiro atoms. The molecule has 0 aromatic heterocycles. The Balaban J connectivity index is 0.00000338. The van der Waals surface area contributed by atoms with Crippen LogP contribution in [0, 0.1) is 11.6 Å². The molecular weight excluding hydrogens is 457 g/mol. The molecule has 2 rings (SSSR count). The van der Waals surface area contributed by atoms with Crippen LogP contribution in [0.3, 0.4) is 0 Å². The topological polar surface area (TPSA) is 80.0 Å². The van der Waals surface area contributed by atoms with E-state index in [1.54, 1.807) is 11.8 Å². The van der Waals surface area contributed by atoms with Gasteiger partial charge in [-0.1, -0.05) is 6.07 Å². The second kappa shape index (κ2) is 11.1. The Labute approximate surface area is 169 Å². The molecule has 0 aliphatic carbocycles. The van der Waals surface area contributed by atoms with Crippen LogP contribution in [0.25, 0.3) is 0 Å². The van der Waals surface area contributed by atoms with Crippen molar-refractivity contribution in [3.05, 3.63) is 35.4 Å². The van der Waals surface area contributed by atoms with E-state index in [1.807, 2.05) is 0 Å². The predicted octanol–water partition coefficient (Wildman–Crippen LogP) is 2.65. The summed E-state index contributed by atoms with van der Waals surface area (Å²) in [6.45, 7) is 3.66. The molecule has 1 fully saturated rings. The van der Waals surface area contributed by atoms with Crippen LogP contribution in [0.1, 0.15) is 25.3 Å². The van der Waals surface area contributed by atoms with E-state index in [0.29, 0.717) is 38.2 Å². The number of rotatable bonds is 5. The number of guanidine groups is 1. The van der Waals surface area contributed by atoms with Gasteiger partial charge in [-0.25, -0.2) is 13.6 Å². The second-order valence-corrected chi connectivity index (χ2v) is 5.86. The van der Waals surface area contributed by atoms with Gasteiger partial charge in [0.15, 0.2) is 5.96 Å². The number of hydrogen-bond donors (Lipinski definition) is 2. The van der Waals surface area contributed by atoms with E-state index in [0.717, 1.165) is 18.9 Å². The molecule has 0 atom stereocenters. The molecule has 1 aromatic carbocycles. The number of hydrogen-bond acceptors (Lipinski definition) is 3. The van der Waals surface area contributed by atoms with Crippen molar-refractivity contribution in [3.8, 4) is 0 Å². The molecule has 3 N–H and O–H groups in total. The van der Waals surface area contributed by atoms with E-state index < -0.39 is 11.6 Å². The number of nitrogens with zero attached hydrogens (tertiary/aromatic N) is 2. The highest BCUT2D eigenvalue weighted by Gasteiger charge is 2.23. The molecule has 0 radical (unpaired) electrons. The molecule has 6 nitrogen and oxygen atoms in total. The van der Waals surface area contributed by atoms with Gasteiger partial charge in [0.2, 0.25) is 0 Å². The summed E-state index contributed by atoms with van der Waals surface area (Å²) in [5.41, 5.74) is 6.26. The first kappa shape index (κ1) is 22.4. The van der Waals surface area contributed by atoms with E-state index in [9.17, 15) is 13.6 Å². The molecule has 1 amide bonds. The van der Waals surface area contributed by atoms with Gasteiger partial charge < -0.3 is 20.7 Å². The summed E-state index contributed by atoms with van der Waals surface area (Å²) in [6, 6.07) is 3.63. The maximum atomic E-state index is 13.5. The monoisotopic (exact) mass is 482 g/mol. The van der Waals surface area contributed by atoms with Crippen molar-refractivity contribution in [2.45, 2.75) is 32.2 Å². The van der Waals surface area contributed by atoms with E-state index in [2.05, 4.69) is 10.3 Å². The minimum Gasteiger partial charge on any atom is -0.450 e. The number of carbonyl (C=O) groups is 1. The first-order chi connectivity index (χ1) is 12.0. The summed E-state index contributed by atoms with van der Waals surface area (Å²) < 4.78 is 31.3. The minimum absolute atomic E-state index is 0. The molecule has 1 aliphatic rings. The molecule has 1 aromatic rings. The molecule has 1 heterocycles. The van der Waals surface area contributed by atoms with Crippen molar-refractivity contribution in [3.63, 3.8) is 0 Å². The third kappa shape index (κ3) is 6.93. The lowest BCUT2D eigenvalue weighted by Crippen LogP contribution is -2.48. The highest BCUT2D eigenvalue weighted by atomic mass is 127. The fraction of sp³-hybridized carbons (Fsp3) is 0.529. The van der Waals surface area contributed by atoms with Crippen LogP contribution in [0.2, 0.25) is 0 Å². The van der Waals surface area contributed by atoms with E-state index in [4.69, 9.17) is 10.5 Å². The van der Waals surface area contributed by atoms with Gasteiger partial charge in [-0.2, -0.15) is 0 Å². The van der Waals surface area contributed by atoms with Crippen LogP contribution in [0.15, 0.2) is 23.2 Å². The normalized spacial score (nSPS) is 15.3. The Morgan fingerprint density at radius 3 is 2.69 bits per heavy atom. The average molecular weight is 482 g/mol. The van der Waals surface area contributed by atoms with E-state index >= 15 is 0 Å². The van der Waals surface area contributed by atoms with Gasteiger partial charge in [0.25, 0.3) is 0 Å². The maximum absolute atomic E-state index is 13.5. The van der Waals surface area contributed by atoms with Crippen LogP contribution >= 0.6 is 24.0 Å². The van der Waals surface area contributed by atoms with Gasteiger partial charge in [-0.05, 0) is 37.8 Å². The van der Waals surface area contributed by atoms with Crippen LogP contribution in [-0.2, 0) is 11.2 Å². The van der Waals surface area contributed by atoms with Crippen LogP contribution in [0.4, 0.5) is 13.6 Å². The Bertz CT molecular complexity index is 623. The van der Waals surface area contributed by atoms with Gasteiger partial charge in [0.05, 0.1) is 6.61 Å². The first-order valence-electron chi connectivity index (χ1n) is 8.41. The number of nitrogens with two attached hydrogens (primary N) is 1. The molecule has 0 unspecified atom stereocenters. The number of ether oxygens (including phenoxy) is 1. The van der Waals surface area contributed by atoms with Gasteiger partial charge >= 0.3 is 6.09 Å². The predicted molar refractivity (Wildman–Crippen MR) is 107 cm³/mol. The lowest BCUT2D eigenvalue weighted by atomic mass is 10.1. The highest BCUT2D eigenvalue weighted by molar-refractivity contribution is 14.0. The van der Waals surface area contributed by atoms with Crippen molar-refractivity contribution in [2.75, 3.05) is 26.2 Å². The SMILES string of the molecule is CCOC(=O)N1CCC(NC(N)=NCCc2ccc(F)cc2F)CC1.I. The molecule has 1 aliphatic heterocycles. The van der Waals surface area contributed by atoms with Gasteiger partial charge in [0, 0.05) is 31.7 Å². The molecule has 9 heteroatoms. The molecular formula is C17H25F2IN4O2. The standard InChI is InChI=1S/C17H24F2N4O2.HI/c1-2-25-17(24)23-9-6-14(7-10-23)22-16(20)21-8-5-12-3-4-13(18)11-15(12)19;/h3-4,11,14H,2,5-10H2,1H3,(H3,20,21,22);1H. The zero-order valence-corrected chi connectivity index (χ0v) is 17.0. The van der Waals surface area contributed by atoms with E-state index in [-0.39, 0.29) is 42.1 Å². The van der Waals surface area contributed by atoms with Crippen molar-refractivity contribution in [1.29, 1.82) is 0 Å². The van der Waals surface area contributed by atoms with Crippen LogP contribution in [-0.4, -0.2) is 49.2 Å². The second-order valence-electron chi connectivity index (χ2n) is 5.86. The van der Waals surface area contributed by atoms with Gasteiger partial charge in [0.1, 0.15) is 11.6 Å². The number of nitrogens with one attached hydrogen (secondary N) is 1. The molecule has 0 bridgehead atoms. The smallest absolute Gasteiger partial charge is 0.409 e. The zero-order chi connectivity index (χ0) is 18.2. The minimum atomic E-state index is -0.597. The summed E-state index contributed by atoms with van der Waals surface area (Å²) in [5.74, 6) is -0.884. The fourth-order valence-corrected chi connectivity index (χ4v) is 2.70. The van der Waals surface area contributed by atoms with Crippen molar-refractivity contribution >= 4 is 36.0 Å². The maximum Gasteiger partial charge on any atom is 0.409 e. The fourth-order valence-electron chi connectivity index (χ4n) is 2.70. The van der Waals surface area contributed by atoms with Crippen LogP contribution in [0.5, 0.6) is 0 Å². The summed E-state index contributed by atoms with van der Waals surface area (Å²) in [7, 11) is 0. The Kier molecular flexibility index (Phi) is 9.60. The van der Waals surface area contributed by atoms with Crippen molar-refractivity contribution < 1.29 is 18.3 Å². The summed E-state index contributed by atoms with van der Waals surface area (Å²) in [6.07, 6.45) is 1.56. The average Bonchev–Trinajstić information content (AvgIpc) is 2.57. The van der Waals surface area contributed by atoms with Gasteiger partial charge in [-0.3, -0.25) is 4.99 Å². The number of carbonyl (C=O) groups excluding carboxylic acids is 1. The largest absolute Gasteiger partial charge is 0.450 e. The zero-order valence-electron chi connectivity index (χ0n) is 14.7. The van der Waals surface area contributed by atoms with E-state index in [1.165, 1.54) is 12.1 Å². The summed E-state index contributed by atoms with van der Waals surface area (Å²) in [4.78, 5) is 17.5. The lowest BCUT2D eigenvalue weighted by Gasteiger charge is -2.31. The number of piperidine rings is 1. The lowest BCUT2D eigenvalue weighted by molar-refractivity contribution is 0.0963. The number of benzene rings is 1. The number of likely N-dealkylation sites (tertiary alicyclic amines) is 1. The van der Waals surface area contributed by atoms with Gasteiger partial charge in [-0.15, -0.1) is 24.0 Å². The van der Waals surface area contributed by atoms with Crippen molar-refractivity contribution in [1.82, 2.24) is 10.2 Å². The molecule has 0 saturated carbocycles. The third-order valence-electron chi connectivity index (χ3n) is 4.05. The van der Waals surface area contributed by atoms with Crippen LogP contribution < -0.4 is 11.1 Å². The Morgan fingerprint density at radius 2 is 2.08 bits per heavy atom. The highest BCUT2D eigenvalue weighted by Crippen LogP contribution is 2.12. The Hall–Kier alpha value is -1.65. The molecule has 146 valence electrons. The Morgan fingerprint density at radius 1 is 1.38 bits per heavy atom.